The fourth-order valence-electron chi connectivity index (χ4n) is 2.61. The quantitative estimate of drug-likeness (QED) is 0.574. The number of nitro groups is 1. The summed E-state index contributed by atoms with van der Waals surface area (Å²) in [6, 6.07) is 16.4. The van der Waals surface area contributed by atoms with Crippen LogP contribution in [0.15, 0.2) is 59.4 Å². The number of nitriles is 1. The Morgan fingerprint density at radius 3 is 2.46 bits per heavy atom. The van der Waals surface area contributed by atoms with E-state index in [1.807, 2.05) is 6.07 Å². The van der Waals surface area contributed by atoms with Gasteiger partial charge in [0.15, 0.2) is 0 Å². The Morgan fingerprint density at radius 1 is 1.12 bits per heavy atom. The summed E-state index contributed by atoms with van der Waals surface area (Å²) in [6.07, 6.45) is 0. The highest BCUT2D eigenvalue weighted by molar-refractivity contribution is 5.76. The number of benzene rings is 2. The molecule has 7 heteroatoms. The molecule has 7 nitrogen and oxygen atoms in total. The maximum atomic E-state index is 12.4. The summed E-state index contributed by atoms with van der Waals surface area (Å²) in [5, 5.41) is 20.2. The predicted molar refractivity (Wildman–Crippen MR) is 95.9 cm³/mol. The van der Waals surface area contributed by atoms with E-state index in [1.165, 1.54) is 24.3 Å². The minimum absolute atomic E-state index is 0.0505. The molecule has 0 aliphatic heterocycles. The number of methoxy groups -OCH3 is 1. The van der Waals surface area contributed by atoms with E-state index in [1.54, 1.807) is 37.4 Å². The smallest absolute Gasteiger partial charge is 0.269 e. The van der Waals surface area contributed by atoms with Gasteiger partial charge in [-0.15, -0.1) is 0 Å². The third-order valence-corrected chi connectivity index (χ3v) is 3.91. The second-order valence-electron chi connectivity index (χ2n) is 5.45. The zero-order valence-electron chi connectivity index (χ0n) is 13.7. The van der Waals surface area contributed by atoms with Crippen molar-refractivity contribution in [2.45, 2.75) is 0 Å². The Kier molecular flexibility index (Phi) is 4.50. The van der Waals surface area contributed by atoms with Crippen LogP contribution in [0.1, 0.15) is 5.56 Å². The van der Waals surface area contributed by atoms with Gasteiger partial charge < -0.3 is 9.72 Å². The van der Waals surface area contributed by atoms with Gasteiger partial charge >= 0.3 is 0 Å². The first-order chi connectivity index (χ1) is 12.5. The molecule has 0 fully saturated rings. The number of H-pyrrole nitrogens is 1. The van der Waals surface area contributed by atoms with Crippen LogP contribution >= 0.6 is 0 Å². The summed E-state index contributed by atoms with van der Waals surface area (Å²) >= 11 is 0. The summed E-state index contributed by atoms with van der Waals surface area (Å²) < 4.78 is 5.19. The number of pyridine rings is 1. The molecule has 3 rings (SSSR count). The minimum atomic E-state index is -0.527. The van der Waals surface area contributed by atoms with Crippen LogP contribution in [0.25, 0.3) is 22.4 Å². The van der Waals surface area contributed by atoms with E-state index in [2.05, 4.69) is 4.98 Å². The van der Waals surface area contributed by atoms with Crippen LogP contribution in [0.4, 0.5) is 5.69 Å². The monoisotopic (exact) mass is 347 g/mol. The minimum Gasteiger partial charge on any atom is -0.497 e. The number of ether oxygens (including phenoxy) is 1. The SMILES string of the molecule is COc1cccc(-c2cc(-c3ccc([N+](=O)[O-])cc3)c(C#N)c(=O)[nH]2)c1. The number of rotatable bonds is 4. The van der Waals surface area contributed by atoms with E-state index in [-0.39, 0.29) is 11.3 Å². The number of nitrogens with zero attached hydrogens (tertiary/aromatic N) is 2. The average molecular weight is 347 g/mol. The summed E-state index contributed by atoms with van der Waals surface area (Å²) in [6.45, 7) is 0. The molecule has 1 N–H and O–H groups in total. The van der Waals surface area contributed by atoms with E-state index < -0.39 is 10.5 Å². The van der Waals surface area contributed by atoms with Crippen molar-refractivity contribution in [3.05, 3.63) is 80.6 Å². The van der Waals surface area contributed by atoms with E-state index >= 15 is 0 Å². The third kappa shape index (κ3) is 3.16. The Labute approximate surface area is 148 Å². The molecule has 1 heterocycles. The first-order valence-electron chi connectivity index (χ1n) is 7.60. The van der Waals surface area contributed by atoms with Crippen molar-refractivity contribution >= 4 is 5.69 Å². The predicted octanol–water partition coefficient (Wildman–Crippen LogP) is 3.50. The lowest BCUT2D eigenvalue weighted by Gasteiger charge is -2.09. The average Bonchev–Trinajstić information content (AvgIpc) is 2.67. The summed E-state index contributed by atoms with van der Waals surface area (Å²) in [5.74, 6) is 0.629. The Bertz CT molecular complexity index is 1080. The van der Waals surface area contributed by atoms with Gasteiger partial charge in [0.1, 0.15) is 17.4 Å². The zero-order chi connectivity index (χ0) is 18.7. The topological polar surface area (TPSA) is 109 Å². The molecule has 0 aliphatic carbocycles. The largest absolute Gasteiger partial charge is 0.497 e. The second-order valence-corrected chi connectivity index (χ2v) is 5.45. The number of hydrogen-bond acceptors (Lipinski definition) is 5. The molecule has 0 saturated carbocycles. The normalized spacial score (nSPS) is 10.2. The van der Waals surface area contributed by atoms with Gasteiger partial charge in [-0.1, -0.05) is 12.1 Å². The molecule has 0 bridgehead atoms. The Morgan fingerprint density at radius 2 is 1.85 bits per heavy atom. The van der Waals surface area contributed by atoms with Crippen molar-refractivity contribution in [2.75, 3.05) is 7.11 Å². The van der Waals surface area contributed by atoms with Crippen molar-refractivity contribution < 1.29 is 9.66 Å². The van der Waals surface area contributed by atoms with Crippen molar-refractivity contribution in [1.82, 2.24) is 4.98 Å². The van der Waals surface area contributed by atoms with Crippen LogP contribution in [0.5, 0.6) is 5.75 Å². The zero-order valence-corrected chi connectivity index (χ0v) is 13.7. The van der Waals surface area contributed by atoms with E-state index in [0.29, 0.717) is 28.1 Å². The van der Waals surface area contributed by atoms with E-state index in [4.69, 9.17) is 4.74 Å². The lowest BCUT2D eigenvalue weighted by atomic mass is 9.99. The second kappa shape index (κ2) is 6.91. The van der Waals surface area contributed by atoms with Crippen LogP contribution in [0, 0.1) is 21.4 Å². The van der Waals surface area contributed by atoms with Gasteiger partial charge in [0.2, 0.25) is 0 Å². The summed E-state index contributed by atoms with van der Waals surface area (Å²) in [7, 11) is 1.54. The molecule has 0 aliphatic rings. The Balaban J connectivity index is 2.18. The first kappa shape index (κ1) is 16.9. The van der Waals surface area contributed by atoms with Crippen molar-refractivity contribution in [1.29, 1.82) is 5.26 Å². The van der Waals surface area contributed by atoms with Gasteiger partial charge in [-0.25, -0.2) is 0 Å². The number of aromatic nitrogens is 1. The maximum absolute atomic E-state index is 12.4. The molecule has 0 atom stereocenters. The molecule has 0 spiro atoms. The van der Waals surface area contributed by atoms with Gasteiger partial charge in [-0.3, -0.25) is 14.9 Å². The third-order valence-electron chi connectivity index (χ3n) is 3.91. The van der Waals surface area contributed by atoms with Crippen LogP contribution < -0.4 is 10.3 Å². The molecule has 0 unspecified atom stereocenters. The lowest BCUT2D eigenvalue weighted by Crippen LogP contribution is -2.12. The molecular weight excluding hydrogens is 334 g/mol. The van der Waals surface area contributed by atoms with Gasteiger partial charge in [-0.2, -0.15) is 5.26 Å². The highest BCUT2D eigenvalue weighted by atomic mass is 16.6. The van der Waals surface area contributed by atoms with E-state index in [9.17, 15) is 20.2 Å². The van der Waals surface area contributed by atoms with Crippen LogP contribution in [0.3, 0.4) is 0 Å². The van der Waals surface area contributed by atoms with Gasteiger partial charge in [-0.05, 0) is 35.9 Å². The highest BCUT2D eigenvalue weighted by Gasteiger charge is 2.14. The molecule has 2 aromatic carbocycles. The molecule has 0 saturated heterocycles. The standard InChI is InChI=1S/C19H13N3O4/c1-26-15-4-2-3-13(9-15)18-10-16(17(11-20)19(23)21-18)12-5-7-14(8-6-12)22(24)25/h2-10H,1H3,(H,21,23). The van der Waals surface area contributed by atoms with Gasteiger partial charge in [0.05, 0.1) is 12.0 Å². The molecule has 128 valence electrons. The fraction of sp³-hybridized carbons (Fsp3) is 0.0526. The lowest BCUT2D eigenvalue weighted by molar-refractivity contribution is -0.384. The number of nitrogens with one attached hydrogen (secondary N) is 1. The van der Waals surface area contributed by atoms with Crippen LogP contribution in [-0.2, 0) is 0 Å². The fourth-order valence-corrected chi connectivity index (χ4v) is 2.61. The highest BCUT2D eigenvalue weighted by Crippen LogP contribution is 2.28. The molecule has 1 aromatic heterocycles. The molecule has 0 amide bonds. The summed E-state index contributed by atoms with van der Waals surface area (Å²) in [5.41, 5.74) is 1.54. The maximum Gasteiger partial charge on any atom is 0.269 e. The molecular formula is C19H13N3O4. The van der Waals surface area contributed by atoms with Gasteiger partial charge in [0.25, 0.3) is 11.2 Å². The van der Waals surface area contributed by atoms with Crippen molar-refractivity contribution in [3.63, 3.8) is 0 Å². The number of hydrogen-bond donors (Lipinski definition) is 1. The number of non-ortho nitro benzene ring substituents is 1. The molecule has 26 heavy (non-hydrogen) atoms. The molecule has 0 radical (unpaired) electrons. The summed E-state index contributed by atoms with van der Waals surface area (Å²) in [4.78, 5) is 25.3. The van der Waals surface area contributed by atoms with Gasteiger partial charge in [0, 0.05) is 29.0 Å². The van der Waals surface area contributed by atoms with Crippen molar-refractivity contribution in [3.8, 4) is 34.2 Å². The Hall–Kier alpha value is -3.92. The van der Waals surface area contributed by atoms with Crippen molar-refractivity contribution in [2.24, 2.45) is 0 Å². The van der Waals surface area contributed by atoms with Crippen LogP contribution in [0.2, 0.25) is 0 Å². The number of nitro benzene ring substituents is 1. The molecule has 3 aromatic rings. The van der Waals surface area contributed by atoms with Crippen LogP contribution in [-0.4, -0.2) is 17.0 Å². The first-order valence-corrected chi connectivity index (χ1v) is 7.60. The van der Waals surface area contributed by atoms with E-state index in [0.717, 1.165) is 0 Å². The number of aromatic amines is 1.